The molecule has 40 heavy (non-hydrogen) atoms. The van der Waals surface area contributed by atoms with Gasteiger partial charge in [-0.15, -0.1) is 0 Å². The fourth-order valence-corrected chi connectivity index (χ4v) is 22.1. The minimum absolute atomic E-state index is 0.0440. The first-order chi connectivity index (χ1) is 19.0. The zero-order valence-corrected chi connectivity index (χ0v) is 30.2. The Bertz CT molecular complexity index is 795. The van der Waals surface area contributed by atoms with E-state index in [2.05, 4.69) is 46.8 Å². The standard InChI is InChI=1S/C23H35O4.3C4H9.Sn/c1-17(2)21(27-16-25-15-20-11-9-8-10-12-20)19(4)13-18(3)14-26-22(24)23(5,6)7;3*1-3-4-2;/h8-12,18-19,21H,1-2,13-16H2,3-7H3;3*1,3-4H2,2H3;/t18-,19+,21-;;;;/m1..../s1. The normalized spacial score (nSPS) is 14.5. The molecule has 3 atom stereocenters. The molecule has 0 saturated heterocycles. The monoisotopic (exact) mass is 666 g/mol. The van der Waals surface area contributed by atoms with Gasteiger partial charge < -0.3 is 0 Å². The molecule has 1 rings (SSSR count). The molecule has 1 aromatic carbocycles. The van der Waals surface area contributed by atoms with Crippen molar-refractivity contribution in [1.29, 1.82) is 0 Å². The molecule has 0 bridgehead atoms. The molecular weight excluding hydrogens is 603 g/mol. The van der Waals surface area contributed by atoms with Gasteiger partial charge in [-0.1, -0.05) is 0 Å². The Morgan fingerprint density at radius 3 is 1.98 bits per heavy atom. The van der Waals surface area contributed by atoms with Crippen molar-refractivity contribution in [1.82, 2.24) is 0 Å². The summed E-state index contributed by atoms with van der Waals surface area (Å²) < 4.78 is 23.8. The summed E-state index contributed by atoms with van der Waals surface area (Å²) in [5.41, 5.74) is 1.96. The van der Waals surface area contributed by atoms with E-state index < -0.39 is 23.8 Å². The van der Waals surface area contributed by atoms with Crippen LogP contribution in [0.1, 0.15) is 106 Å². The number of rotatable bonds is 22. The van der Waals surface area contributed by atoms with Gasteiger partial charge in [0.1, 0.15) is 0 Å². The van der Waals surface area contributed by atoms with E-state index >= 15 is 0 Å². The zero-order valence-electron chi connectivity index (χ0n) is 27.4. The Kier molecular flexibility index (Phi) is 18.7. The summed E-state index contributed by atoms with van der Waals surface area (Å²) in [4.78, 5) is 12.3. The summed E-state index contributed by atoms with van der Waals surface area (Å²) in [6.07, 6.45) is 8.77. The Balaban J connectivity index is 3.01. The van der Waals surface area contributed by atoms with E-state index in [9.17, 15) is 4.79 Å². The first-order valence-electron chi connectivity index (χ1n) is 16.1. The van der Waals surface area contributed by atoms with Crippen LogP contribution in [0, 0.1) is 17.3 Å². The molecule has 5 heteroatoms. The first kappa shape index (κ1) is 37.2. The van der Waals surface area contributed by atoms with Crippen molar-refractivity contribution < 1.29 is 19.0 Å². The van der Waals surface area contributed by atoms with Crippen LogP contribution in [0.4, 0.5) is 0 Å². The molecule has 0 aliphatic rings. The predicted octanol–water partition coefficient (Wildman–Crippen LogP) is 10.2. The average molecular weight is 666 g/mol. The molecule has 0 N–H and O–H groups in total. The van der Waals surface area contributed by atoms with Crippen LogP contribution in [0.15, 0.2) is 42.5 Å². The SMILES string of the molecule is C=C([CH2][Sn]([CH2]CCC)([CH2]CCC)[CH2]CCC)[C@@H](OCOCc1ccccc1)[C@@H](C)C[C@@H](C)COC(=O)C(C)(C)C. The van der Waals surface area contributed by atoms with Gasteiger partial charge in [0.2, 0.25) is 0 Å². The van der Waals surface area contributed by atoms with Crippen molar-refractivity contribution in [2.45, 2.75) is 131 Å². The van der Waals surface area contributed by atoms with Gasteiger partial charge >= 0.3 is 253 Å². The van der Waals surface area contributed by atoms with Crippen molar-refractivity contribution in [3.8, 4) is 0 Å². The molecule has 0 radical (unpaired) electrons. The van der Waals surface area contributed by atoms with Crippen LogP contribution in [0.2, 0.25) is 17.7 Å². The van der Waals surface area contributed by atoms with Crippen LogP contribution in [-0.2, 0) is 25.6 Å². The predicted molar refractivity (Wildman–Crippen MR) is 173 cm³/mol. The van der Waals surface area contributed by atoms with Crippen molar-refractivity contribution in [2.75, 3.05) is 13.4 Å². The topological polar surface area (TPSA) is 44.8 Å². The van der Waals surface area contributed by atoms with E-state index in [0.29, 0.717) is 13.2 Å². The van der Waals surface area contributed by atoms with E-state index in [0.717, 1.165) is 12.0 Å². The maximum atomic E-state index is 12.3. The molecule has 0 spiro atoms. The molecule has 0 fully saturated rings. The summed E-state index contributed by atoms with van der Waals surface area (Å²) in [5, 5.41) is 0. The van der Waals surface area contributed by atoms with Crippen molar-refractivity contribution in [3.05, 3.63) is 48.0 Å². The van der Waals surface area contributed by atoms with Gasteiger partial charge in [-0.3, -0.25) is 0 Å². The summed E-state index contributed by atoms with van der Waals surface area (Å²) in [6.45, 7) is 23.1. The molecule has 0 unspecified atom stereocenters. The van der Waals surface area contributed by atoms with Gasteiger partial charge in [-0.25, -0.2) is 0 Å². The number of hydrogen-bond acceptors (Lipinski definition) is 4. The quantitative estimate of drug-likeness (QED) is 0.0407. The first-order valence-corrected chi connectivity index (χ1v) is 24.1. The van der Waals surface area contributed by atoms with E-state index in [1.807, 2.05) is 39.0 Å². The number of benzene rings is 1. The van der Waals surface area contributed by atoms with Crippen LogP contribution >= 0.6 is 0 Å². The molecule has 4 nitrogen and oxygen atoms in total. The van der Waals surface area contributed by atoms with Crippen molar-refractivity contribution in [3.63, 3.8) is 0 Å². The van der Waals surface area contributed by atoms with Gasteiger partial charge in [0.05, 0.1) is 0 Å². The van der Waals surface area contributed by atoms with Gasteiger partial charge in [0, 0.05) is 0 Å². The van der Waals surface area contributed by atoms with Crippen molar-refractivity contribution in [2.24, 2.45) is 17.3 Å². The fourth-order valence-electron chi connectivity index (χ4n) is 5.68. The maximum absolute atomic E-state index is 12.3. The number of ether oxygens (including phenoxy) is 3. The minimum atomic E-state index is -2.43. The second-order valence-electron chi connectivity index (χ2n) is 13.4. The van der Waals surface area contributed by atoms with Crippen LogP contribution in [0.5, 0.6) is 0 Å². The summed E-state index contributed by atoms with van der Waals surface area (Å²) in [5.74, 6) is 0.378. The third kappa shape index (κ3) is 14.9. The molecule has 0 heterocycles. The Labute approximate surface area is 251 Å². The molecule has 0 aliphatic carbocycles. The van der Waals surface area contributed by atoms with E-state index in [1.54, 1.807) is 0 Å². The van der Waals surface area contributed by atoms with E-state index in [-0.39, 0.29) is 30.7 Å². The van der Waals surface area contributed by atoms with Crippen LogP contribution in [0.25, 0.3) is 0 Å². The van der Waals surface area contributed by atoms with E-state index in [4.69, 9.17) is 20.8 Å². The number of esters is 1. The Morgan fingerprint density at radius 2 is 1.48 bits per heavy atom. The average Bonchev–Trinajstić information content (AvgIpc) is 2.92. The third-order valence-corrected chi connectivity index (χ3v) is 23.6. The second-order valence-corrected chi connectivity index (χ2v) is 27.2. The van der Waals surface area contributed by atoms with Crippen LogP contribution in [0.3, 0.4) is 0 Å². The second kappa shape index (κ2) is 20.1. The molecule has 0 amide bonds. The van der Waals surface area contributed by atoms with Gasteiger partial charge in [0.25, 0.3) is 0 Å². The molecule has 1 aromatic rings. The van der Waals surface area contributed by atoms with Gasteiger partial charge in [-0.2, -0.15) is 0 Å². The Hall–Kier alpha value is -0.851. The summed E-state index contributed by atoms with van der Waals surface area (Å²) in [6, 6.07) is 10.3. The van der Waals surface area contributed by atoms with Crippen LogP contribution in [-0.4, -0.2) is 43.9 Å². The number of carbonyl (C=O) groups is 1. The van der Waals surface area contributed by atoms with Gasteiger partial charge in [-0.05, 0) is 0 Å². The molecule has 0 aliphatic heterocycles. The van der Waals surface area contributed by atoms with E-state index in [1.165, 1.54) is 61.8 Å². The van der Waals surface area contributed by atoms with Gasteiger partial charge in [0.15, 0.2) is 0 Å². The molecule has 0 saturated carbocycles. The molecule has 230 valence electrons. The molecular formula is C35H62O4Sn. The third-order valence-electron chi connectivity index (χ3n) is 8.03. The van der Waals surface area contributed by atoms with Crippen molar-refractivity contribution >= 4 is 24.3 Å². The summed E-state index contributed by atoms with van der Waals surface area (Å²) in [7, 11) is 0. The fraction of sp³-hybridized carbons (Fsp3) is 0.743. The van der Waals surface area contributed by atoms with Crippen LogP contribution < -0.4 is 0 Å². The Morgan fingerprint density at radius 1 is 0.925 bits per heavy atom. The number of hydrogen-bond donors (Lipinski definition) is 0. The number of carbonyl (C=O) groups excluding carboxylic acids is 1. The molecule has 0 aromatic heterocycles. The zero-order chi connectivity index (χ0) is 30.0. The number of unbranched alkanes of at least 4 members (excludes halogenated alkanes) is 3. The summed E-state index contributed by atoms with van der Waals surface area (Å²) >= 11 is -2.43.